The predicted molar refractivity (Wildman–Crippen MR) is 144 cm³/mol. The zero-order chi connectivity index (χ0) is 28.6. The van der Waals surface area contributed by atoms with Crippen molar-refractivity contribution in [3.05, 3.63) is 64.8 Å². The van der Waals surface area contributed by atoms with E-state index >= 15 is 0 Å². The molecule has 39 heavy (non-hydrogen) atoms. The number of fused-ring (bicyclic) bond motifs is 1. The number of alkyl carbamates (subject to hydrolysis) is 1. The van der Waals surface area contributed by atoms with Crippen molar-refractivity contribution in [2.45, 2.75) is 65.0 Å². The summed E-state index contributed by atoms with van der Waals surface area (Å²) < 4.78 is 29.3. The summed E-state index contributed by atoms with van der Waals surface area (Å²) in [6, 6.07) is 9.33. The van der Waals surface area contributed by atoms with E-state index in [1.165, 1.54) is 48.7 Å². The van der Waals surface area contributed by atoms with Crippen molar-refractivity contribution in [3.8, 4) is 16.9 Å². The number of ether oxygens (including phenoxy) is 2. The Morgan fingerprint density at radius 1 is 1.03 bits per heavy atom. The Hall–Kier alpha value is -4.21. The SMILES string of the molecule is C[C@@H](NC(=O)OC(C)(C)C)C(=O)NCCCCCC(=O)Oc1ccc2c(=O)c(-c3ccc(F)cc3)coc2c1. The summed E-state index contributed by atoms with van der Waals surface area (Å²) >= 11 is 0. The second-order valence-electron chi connectivity index (χ2n) is 10.1. The molecule has 0 aliphatic rings. The van der Waals surface area contributed by atoms with Gasteiger partial charge in [-0.2, -0.15) is 0 Å². The standard InChI is InChI=1S/C29H33FN2O7/c1-18(32-28(36)39-29(2,3)4)27(35)31-15-7-5-6-8-25(33)38-21-13-14-22-24(16-21)37-17-23(26(22)34)19-9-11-20(30)12-10-19/h9-14,16-18H,5-8,15H2,1-4H3,(H,31,35)(H,32,36)/t18-/m1/s1. The van der Waals surface area contributed by atoms with Crippen molar-refractivity contribution in [1.29, 1.82) is 0 Å². The van der Waals surface area contributed by atoms with E-state index in [-0.39, 0.29) is 29.1 Å². The van der Waals surface area contributed by atoms with Crippen LogP contribution >= 0.6 is 0 Å². The minimum atomic E-state index is -0.740. The van der Waals surface area contributed by atoms with Crippen molar-refractivity contribution >= 4 is 28.9 Å². The van der Waals surface area contributed by atoms with Crippen molar-refractivity contribution in [1.82, 2.24) is 10.6 Å². The molecule has 1 heterocycles. The van der Waals surface area contributed by atoms with Gasteiger partial charge < -0.3 is 24.5 Å². The Morgan fingerprint density at radius 3 is 2.44 bits per heavy atom. The minimum absolute atomic E-state index is 0.177. The molecule has 0 saturated heterocycles. The Kier molecular flexibility index (Phi) is 9.81. The van der Waals surface area contributed by atoms with Gasteiger partial charge in [0.2, 0.25) is 5.91 Å². The number of amides is 2. The fourth-order valence-corrected chi connectivity index (χ4v) is 3.67. The molecule has 0 radical (unpaired) electrons. The third kappa shape index (κ3) is 8.94. The van der Waals surface area contributed by atoms with Gasteiger partial charge in [0.25, 0.3) is 0 Å². The van der Waals surface area contributed by atoms with E-state index in [4.69, 9.17) is 13.9 Å². The summed E-state index contributed by atoms with van der Waals surface area (Å²) in [4.78, 5) is 48.9. The maximum atomic E-state index is 13.2. The fraction of sp³-hybridized carbons (Fsp3) is 0.379. The van der Waals surface area contributed by atoms with Gasteiger partial charge in [-0.05, 0) is 70.4 Å². The minimum Gasteiger partial charge on any atom is -0.463 e. The second kappa shape index (κ2) is 13.0. The molecule has 1 aromatic heterocycles. The number of esters is 1. The van der Waals surface area contributed by atoms with E-state index in [0.29, 0.717) is 42.3 Å². The van der Waals surface area contributed by atoms with Gasteiger partial charge in [0.15, 0.2) is 5.43 Å². The number of halogens is 1. The highest BCUT2D eigenvalue weighted by Gasteiger charge is 2.20. The molecular formula is C29H33FN2O7. The number of hydrogen-bond donors (Lipinski definition) is 2. The van der Waals surface area contributed by atoms with Crippen LogP contribution in [-0.4, -0.2) is 36.2 Å². The lowest BCUT2D eigenvalue weighted by molar-refractivity contribution is -0.134. The molecule has 9 nitrogen and oxygen atoms in total. The molecule has 3 aromatic rings. The molecule has 0 saturated carbocycles. The van der Waals surface area contributed by atoms with E-state index in [1.807, 2.05) is 0 Å². The fourth-order valence-electron chi connectivity index (χ4n) is 3.67. The normalized spacial score (nSPS) is 12.0. The molecule has 0 bridgehead atoms. The molecule has 2 N–H and O–H groups in total. The molecule has 1 atom stereocenters. The summed E-state index contributed by atoms with van der Waals surface area (Å²) in [5.41, 5.74) is 0.179. The van der Waals surface area contributed by atoms with Gasteiger partial charge >= 0.3 is 12.1 Å². The molecular weight excluding hydrogens is 507 g/mol. The average molecular weight is 541 g/mol. The van der Waals surface area contributed by atoms with Gasteiger partial charge in [0, 0.05) is 19.0 Å². The Balaban J connectivity index is 1.40. The highest BCUT2D eigenvalue weighted by Crippen LogP contribution is 2.23. The van der Waals surface area contributed by atoms with E-state index in [1.54, 1.807) is 27.7 Å². The van der Waals surface area contributed by atoms with E-state index in [2.05, 4.69) is 10.6 Å². The lowest BCUT2D eigenvalue weighted by Crippen LogP contribution is -2.46. The summed E-state index contributed by atoms with van der Waals surface area (Å²) in [6.45, 7) is 7.18. The Labute approximate surface area is 225 Å². The van der Waals surface area contributed by atoms with Crippen LogP contribution in [0, 0.1) is 5.82 Å². The van der Waals surface area contributed by atoms with Gasteiger partial charge in [-0.25, -0.2) is 9.18 Å². The molecule has 3 rings (SSSR count). The van der Waals surface area contributed by atoms with Crippen LogP contribution in [0.2, 0.25) is 0 Å². The van der Waals surface area contributed by atoms with Crippen molar-refractivity contribution in [2.24, 2.45) is 0 Å². The van der Waals surface area contributed by atoms with Crippen LogP contribution in [0.1, 0.15) is 53.4 Å². The van der Waals surface area contributed by atoms with E-state index < -0.39 is 29.5 Å². The molecule has 208 valence electrons. The highest BCUT2D eigenvalue weighted by molar-refractivity contribution is 5.85. The van der Waals surface area contributed by atoms with Gasteiger partial charge in [-0.1, -0.05) is 18.6 Å². The maximum absolute atomic E-state index is 13.2. The summed E-state index contributed by atoms with van der Waals surface area (Å²) in [7, 11) is 0. The van der Waals surface area contributed by atoms with Gasteiger partial charge in [-0.15, -0.1) is 0 Å². The zero-order valence-electron chi connectivity index (χ0n) is 22.5. The smallest absolute Gasteiger partial charge is 0.408 e. The average Bonchev–Trinajstić information content (AvgIpc) is 2.85. The van der Waals surface area contributed by atoms with Crippen molar-refractivity contribution in [3.63, 3.8) is 0 Å². The van der Waals surface area contributed by atoms with Crippen LogP contribution in [0.15, 0.2) is 57.9 Å². The number of rotatable bonds is 10. The number of nitrogens with one attached hydrogen (secondary N) is 2. The summed E-state index contributed by atoms with van der Waals surface area (Å²) in [5.74, 6) is -0.905. The first-order chi connectivity index (χ1) is 18.4. The van der Waals surface area contributed by atoms with Crippen LogP contribution in [-0.2, 0) is 14.3 Å². The summed E-state index contributed by atoms with van der Waals surface area (Å²) in [5, 5.41) is 5.53. The summed E-state index contributed by atoms with van der Waals surface area (Å²) in [6.07, 6.45) is 2.71. The largest absolute Gasteiger partial charge is 0.463 e. The molecule has 0 spiro atoms. The topological polar surface area (TPSA) is 124 Å². The van der Waals surface area contributed by atoms with Gasteiger partial charge in [0.1, 0.15) is 35.1 Å². The molecule has 2 amide bonds. The molecule has 2 aromatic carbocycles. The number of benzene rings is 2. The number of carbonyl (C=O) groups is 3. The lowest BCUT2D eigenvalue weighted by Gasteiger charge is -2.21. The highest BCUT2D eigenvalue weighted by atomic mass is 19.1. The van der Waals surface area contributed by atoms with E-state index in [9.17, 15) is 23.6 Å². The first-order valence-electron chi connectivity index (χ1n) is 12.7. The van der Waals surface area contributed by atoms with E-state index in [0.717, 1.165) is 0 Å². The monoisotopic (exact) mass is 540 g/mol. The number of carbonyl (C=O) groups excluding carboxylic acids is 3. The molecule has 10 heteroatoms. The number of unbranched alkanes of at least 4 members (excludes halogenated alkanes) is 2. The third-order valence-electron chi connectivity index (χ3n) is 5.62. The second-order valence-corrected chi connectivity index (χ2v) is 10.1. The predicted octanol–water partition coefficient (Wildman–Crippen LogP) is 5.09. The first-order valence-corrected chi connectivity index (χ1v) is 12.7. The molecule has 0 unspecified atom stereocenters. The van der Waals surface area contributed by atoms with Crippen LogP contribution < -0.4 is 20.8 Å². The Morgan fingerprint density at radius 2 is 1.74 bits per heavy atom. The Bertz CT molecular complexity index is 1380. The third-order valence-corrected chi connectivity index (χ3v) is 5.62. The number of hydrogen-bond acceptors (Lipinski definition) is 7. The zero-order valence-corrected chi connectivity index (χ0v) is 22.5. The van der Waals surface area contributed by atoms with Crippen LogP contribution in [0.3, 0.4) is 0 Å². The first kappa shape index (κ1) is 29.3. The van der Waals surface area contributed by atoms with Gasteiger partial charge in [0.05, 0.1) is 10.9 Å². The maximum Gasteiger partial charge on any atom is 0.408 e. The van der Waals surface area contributed by atoms with Crippen LogP contribution in [0.25, 0.3) is 22.1 Å². The van der Waals surface area contributed by atoms with Crippen LogP contribution in [0.5, 0.6) is 5.75 Å². The molecule has 0 aliphatic heterocycles. The van der Waals surface area contributed by atoms with Crippen LogP contribution in [0.4, 0.5) is 9.18 Å². The lowest BCUT2D eigenvalue weighted by atomic mass is 10.1. The van der Waals surface area contributed by atoms with Crippen molar-refractivity contribution in [2.75, 3.05) is 6.54 Å². The van der Waals surface area contributed by atoms with Gasteiger partial charge in [-0.3, -0.25) is 14.4 Å². The molecule has 0 aliphatic carbocycles. The molecule has 0 fully saturated rings. The van der Waals surface area contributed by atoms with Crippen molar-refractivity contribution < 1.29 is 32.7 Å². The quantitative estimate of drug-likeness (QED) is 0.208.